The molecule has 0 aliphatic rings. The van der Waals surface area contributed by atoms with Gasteiger partial charge in [-0.2, -0.15) is 8.78 Å². The summed E-state index contributed by atoms with van der Waals surface area (Å²) >= 11 is 0. The zero-order valence-electron chi connectivity index (χ0n) is 8.06. The molecule has 0 amide bonds. The fraction of sp³-hybridized carbons (Fsp3) is 0.143. The van der Waals surface area contributed by atoms with Gasteiger partial charge in [0.05, 0.1) is 0 Å². The normalized spacial score (nSPS) is 11.2. The van der Waals surface area contributed by atoms with Gasteiger partial charge in [-0.05, 0) is 12.1 Å². The molecule has 0 aliphatic heterocycles. The Morgan fingerprint density at radius 1 is 1.12 bits per heavy atom. The Hall–Kier alpha value is 0.301. The van der Waals surface area contributed by atoms with Crippen molar-refractivity contribution in [2.24, 2.45) is 0 Å². The van der Waals surface area contributed by atoms with Gasteiger partial charge in [-0.15, -0.1) is 5.46 Å². The minimum atomic E-state index is -5.36. The van der Waals surface area contributed by atoms with Crippen molar-refractivity contribution in [3.05, 3.63) is 24.0 Å². The van der Waals surface area contributed by atoms with E-state index in [2.05, 4.69) is 4.74 Å². The summed E-state index contributed by atoms with van der Waals surface area (Å²) < 4.78 is 76.0. The van der Waals surface area contributed by atoms with E-state index in [-0.39, 0.29) is 57.5 Å². The maximum atomic E-state index is 12.7. The molecule has 0 atom stereocenters. The van der Waals surface area contributed by atoms with Crippen LogP contribution >= 0.6 is 0 Å². The molecule has 0 bridgehead atoms. The summed E-state index contributed by atoms with van der Waals surface area (Å²) in [5.41, 5.74) is -1.19. The first-order valence-electron chi connectivity index (χ1n) is 3.75. The van der Waals surface area contributed by atoms with Gasteiger partial charge in [0.15, 0.2) is 11.6 Å². The van der Waals surface area contributed by atoms with Crippen LogP contribution in [-0.4, -0.2) is 13.6 Å². The molecular weight excluding hydrogens is 264 g/mol. The zero-order chi connectivity index (χ0) is 11.6. The van der Waals surface area contributed by atoms with Crippen LogP contribution in [0.5, 0.6) is 5.75 Å². The van der Waals surface area contributed by atoms with E-state index in [0.29, 0.717) is 12.1 Å². The molecule has 1 nitrogen and oxygen atoms in total. The van der Waals surface area contributed by atoms with Gasteiger partial charge >= 0.3 is 65.0 Å². The fourth-order valence-corrected chi connectivity index (χ4v) is 0.910. The summed E-state index contributed by atoms with van der Waals surface area (Å²) in [7, 11) is 0. The van der Waals surface area contributed by atoms with E-state index in [1.165, 1.54) is 0 Å². The monoisotopic (exact) mass is 268 g/mol. The number of hydrogen-bond donors (Lipinski definition) is 0. The van der Waals surface area contributed by atoms with E-state index < -0.39 is 30.6 Å². The molecule has 0 saturated carbocycles. The second-order valence-electron chi connectivity index (χ2n) is 2.64. The SMILES string of the molecule is Fc1ccc([B-](F)(F)F)cc1OC(F)F.[K+]. The van der Waals surface area contributed by atoms with Crippen LogP contribution in [0.2, 0.25) is 0 Å². The fourth-order valence-electron chi connectivity index (χ4n) is 0.910. The smallest absolute Gasteiger partial charge is 0.445 e. The van der Waals surface area contributed by atoms with Crippen molar-refractivity contribution in [3.63, 3.8) is 0 Å². The van der Waals surface area contributed by atoms with Crippen LogP contribution in [0.1, 0.15) is 0 Å². The standard InChI is InChI=1S/C7H4BF6O.K/c9-5-2-1-4(8(12,13)14)3-6(5)15-7(10)11;/h1-3,7H;/q-1;+1. The molecule has 9 heteroatoms. The minimum absolute atomic E-state index is 0. The minimum Gasteiger partial charge on any atom is -0.445 e. The van der Waals surface area contributed by atoms with Crippen molar-refractivity contribution in [1.82, 2.24) is 0 Å². The van der Waals surface area contributed by atoms with Crippen molar-refractivity contribution in [2.75, 3.05) is 0 Å². The third-order valence-electron chi connectivity index (χ3n) is 1.55. The molecule has 84 valence electrons. The second-order valence-corrected chi connectivity index (χ2v) is 2.64. The Morgan fingerprint density at radius 2 is 1.69 bits per heavy atom. The Bertz CT molecular complexity index is 355. The molecule has 1 aromatic carbocycles. The first kappa shape index (κ1) is 16.3. The first-order chi connectivity index (χ1) is 6.80. The van der Waals surface area contributed by atoms with Crippen molar-refractivity contribution < 1.29 is 82.2 Å². The number of benzene rings is 1. The zero-order valence-corrected chi connectivity index (χ0v) is 11.2. The van der Waals surface area contributed by atoms with Gasteiger partial charge in [-0.3, -0.25) is 0 Å². The third kappa shape index (κ3) is 4.66. The predicted octanol–water partition coefficient (Wildman–Crippen LogP) is -0.515. The molecule has 0 aromatic heterocycles. The van der Waals surface area contributed by atoms with Gasteiger partial charge in [0, 0.05) is 0 Å². The molecule has 0 saturated heterocycles. The molecule has 1 rings (SSSR count). The molecule has 16 heavy (non-hydrogen) atoms. The Kier molecular flexibility index (Phi) is 6.41. The predicted molar refractivity (Wildman–Crippen MR) is 41.7 cm³/mol. The molecule has 0 aliphatic carbocycles. The Morgan fingerprint density at radius 3 is 2.12 bits per heavy atom. The number of ether oxygens (including phenoxy) is 1. The van der Waals surface area contributed by atoms with E-state index in [1.807, 2.05) is 0 Å². The summed E-state index contributed by atoms with van der Waals surface area (Å²) in [4.78, 5) is 0. The average molecular weight is 268 g/mol. The molecule has 0 radical (unpaired) electrons. The van der Waals surface area contributed by atoms with Gasteiger partial charge in [-0.25, -0.2) is 4.39 Å². The third-order valence-corrected chi connectivity index (χ3v) is 1.55. The molecule has 0 fully saturated rings. The summed E-state index contributed by atoms with van der Waals surface area (Å²) in [6.07, 6.45) is 0. The average Bonchev–Trinajstić information content (AvgIpc) is 2.06. The van der Waals surface area contributed by atoms with E-state index in [0.717, 1.165) is 0 Å². The van der Waals surface area contributed by atoms with Gasteiger partial charge in [0.2, 0.25) is 0 Å². The van der Waals surface area contributed by atoms with Crippen molar-refractivity contribution >= 4 is 12.4 Å². The molecule has 0 spiro atoms. The largest absolute Gasteiger partial charge is 1.00 e. The van der Waals surface area contributed by atoms with Crippen LogP contribution in [0.4, 0.5) is 26.1 Å². The quantitative estimate of drug-likeness (QED) is 0.530. The van der Waals surface area contributed by atoms with Crippen LogP contribution in [0.15, 0.2) is 18.2 Å². The van der Waals surface area contributed by atoms with Gasteiger partial charge < -0.3 is 17.7 Å². The maximum absolute atomic E-state index is 12.7. The molecule has 0 unspecified atom stereocenters. The van der Waals surface area contributed by atoms with Crippen LogP contribution in [0.3, 0.4) is 0 Å². The van der Waals surface area contributed by atoms with Crippen LogP contribution in [0, 0.1) is 5.82 Å². The maximum Gasteiger partial charge on any atom is 1.00 e. The van der Waals surface area contributed by atoms with Crippen LogP contribution in [-0.2, 0) is 0 Å². The Labute approximate surface area is 130 Å². The van der Waals surface area contributed by atoms with Crippen molar-refractivity contribution in [1.29, 1.82) is 0 Å². The van der Waals surface area contributed by atoms with Crippen LogP contribution in [0.25, 0.3) is 0 Å². The Balaban J connectivity index is 0.00000225. The molecule has 0 N–H and O–H groups in total. The topological polar surface area (TPSA) is 9.23 Å². The molecule has 0 heterocycles. The van der Waals surface area contributed by atoms with E-state index >= 15 is 0 Å². The molecular formula is C7H4BF6KO. The number of hydrogen-bond acceptors (Lipinski definition) is 1. The summed E-state index contributed by atoms with van der Waals surface area (Å²) in [6, 6.07) is 1.11. The summed E-state index contributed by atoms with van der Waals surface area (Å²) in [6.45, 7) is -8.72. The van der Waals surface area contributed by atoms with Crippen molar-refractivity contribution in [2.45, 2.75) is 6.61 Å². The van der Waals surface area contributed by atoms with Gasteiger partial charge in [0.25, 0.3) is 0 Å². The van der Waals surface area contributed by atoms with E-state index in [9.17, 15) is 26.1 Å². The van der Waals surface area contributed by atoms with Gasteiger partial charge in [0.1, 0.15) is 0 Å². The number of halogens is 6. The van der Waals surface area contributed by atoms with Gasteiger partial charge in [-0.1, -0.05) is 6.07 Å². The molecule has 1 aromatic rings. The second kappa shape index (κ2) is 6.29. The van der Waals surface area contributed by atoms with E-state index in [1.54, 1.807) is 0 Å². The summed E-state index contributed by atoms with van der Waals surface area (Å²) in [5, 5.41) is 0. The van der Waals surface area contributed by atoms with E-state index in [4.69, 9.17) is 0 Å². The number of rotatable bonds is 3. The first-order valence-corrected chi connectivity index (χ1v) is 3.75. The van der Waals surface area contributed by atoms with Crippen molar-refractivity contribution in [3.8, 4) is 5.75 Å². The van der Waals surface area contributed by atoms with Crippen LogP contribution < -0.4 is 61.6 Å². The summed E-state index contributed by atoms with van der Waals surface area (Å²) in [5.74, 6) is -2.37. The number of alkyl halides is 2.